The molecule has 0 radical (unpaired) electrons. The second kappa shape index (κ2) is 7.68. The van der Waals surface area contributed by atoms with Gasteiger partial charge in [0.05, 0.1) is 5.56 Å². The standard InChI is InChI=1S/C20H15F6N3O3/c21-19(22,23)13-8-18(31)32-15-7-11(3-4-12(13)15)27-17(30)5-6-29-14(10-1-2-10)9-16(28-29)20(24,25)26/h3-4,7-10H,1-2,5-6H2,(H,27,30). The molecule has 32 heavy (non-hydrogen) atoms. The highest BCUT2D eigenvalue weighted by atomic mass is 19.4. The number of aromatic nitrogens is 2. The van der Waals surface area contributed by atoms with Gasteiger partial charge < -0.3 is 9.73 Å². The van der Waals surface area contributed by atoms with Crippen molar-refractivity contribution in [1.29, 1.82) is 0 Å². The molecule has 170 valence electrons. The predicted octanol–water partition coefficient (Wildman–Crippen LogP) is 4.93. The molecular weight excluding hydrogens is 444 g/mol. The number of nitrogens with zero attached hydrogens (tertiary/aromatic N) is 2. The first kappa shape index (κ1) is 21.9. The molecule has 1 aliphatic rings. The quantitative estimate of drug-likeness (QED) is 0.434. The van der Waals surface area contributed by atoms with E-state index in [4.69, 9.17) is 4.42 Å². The molecule has 2 aromatic heterocycles. The Hall–Kier alpha value is -3.31. The molecule has 3 aromatic rings. The zero-order valence-electron chi connectivity index (χ0n) is 16.2. The first-order chi connectivity index (χ1) is 14.9. The normalized spacial score (nSPS) is 14.7. The van der Waals surface area contributed by atoms with Gasteiger partial charge in [0.1, 0.15) is 5.58 Å². The number of hydrogen-bond acceptors (Lipinski definition) is 4. The third kappa shape index (κ3) is 4.63. The first-order valence-electron chi connectivity index (χ1n) is 9.52. The number of amides is 1. The molecule has 1 saturated carbocycles. The Labute approximate surface area is 175 Å². The van der Waals surface area contributed by atoms with Crippen LogP contribution in [0.4, 0.5) is 32.0 Å². The van der Waals surface area contributed by atoms with E-state index in [0.717, 1.165) is 35.7 Å². The van der Waals surface area contributed by atoms with E-state index in [1.807, 2.05) is 0 Å². The molecule has 0 saturated heterocycles. The molecule has 1 fully saturated rings. The van der Waals surface area contributed by atoms with E-state index in [9.17, 15) is 35.9 Å². The van der Waals surface area contributed by atoms with Crippen molar-refractivity contribution < 1.29 is 35.6 Å². The number of halogens is 6. The van der Waals surface area contributed by atoms with Crippen molar-refractivity contribution in [3.8, 4) is 0 Å². The number of fused-ring (bicyclic) bond motifs is 1. The van der Waals surface area contributed by atoms with Crippen molar-refractivity contribution in [2.24, 2.45) is 0 Å². The zero-order valence-corrected chi connectivity index (χ0v) is 16.2. The maximum atomic E-state index is 13.1. The van der Waals surface area contributed by atoms with Gasteiger partial charge in [-0.1, -0.05) is 0 Å². The summed E-state index contributed by atoms with van der Waals surface area (Å²) in [5.74, 6) is -0.614. The van der Waals surface area contributed by atoms with E-state index in [1.165, 1.54) is 6.07 Å². The molecule has 1 N–H and O–H groups in total. The fourth-order valence-electron chi connectivity index (χ4n) is 3.36. The van der Waals surface area contributed by atoms with Crippen LogP contribution in [0.25, 0.3) is 11.0 Å². The van der Waals surface area contributed by atoms with Gasteiger partial charge >= 0.3 is 18.0 Å². The Morgan fingerprint density at radius 1 is 1.09 bits per heavy atom. The van der Waals surface area contributed by atoms with Gasteiger partial charge in [-0.3, -0.25) is 9.48 Å². The number of anilines is 1. The van der Waals surface area contributed by atoms with Gasteiger partial charge in [0.2, 0.25) is 5.91 Å². The van der Waals surface area contributed by atoms with E-state index < -0.39 is 35.1 Å². The number of aryl methyl sites for hydroxylation is 1. The highest BCUT2D eigenvalue weighted by Gasteiger charge is 2.38. The number of rotatable bonds is 5. The number of benzene rings is 1. The molecular formula is C20H15F6N3O3. The second-order valence-corrected chi connectivity index (χ2v) is 7.44. The minimum Gasteiger partial charge on any atom is -0.423 e. The molecule has 1 amide bonds. The number of nitrogens with one attached hydrogen (secondary N) is 1. The van der Waals surface area contributed by atoms with E-state index in [2.05, 4.69) is 10.4 Å². The minimum atomic E-state index is -4.77. The Morgan fingerprint density at radius 3 is 2.44 bits per heavy atom. The van der Waals surface area contributed by atoms with Crippen molar-refractivity contribution in [2.45, 2.75) is 44.1 Å². The van der Waals surface area contributed by atoms with Crippen molar-refractivity contribution >= 4 is 22.6 Å². The number of alkyl halides is 6. The maximum Gasteiger partial charge on any atom is 0.435 e. The summed E-state index contributed by atoms with van der Waals surface area (Å²) in [4.78, 5) is 23.7. The van der Waals surface area contributed by atoms with Crippen LogP contribution in [-0.2, 0) is 23.7 Å². The lowest BCUT2D eigenvalue weighted by Crippen LogP contribution is -2.17. The SMILES string of the molecule is O=C(CCn1nc(C(F)(F)F)cc1C1CC1)Nc1ccc2c(C(F)(F)F)cc(=O)oc2c1. The van der Waals surface area contributed by atoms with Crippen molar-refractivity contribution in [1.82, 2.24) is 9.78 Å². The Morgan fingerprint density at radius 2 is 1.81 bits per heavy atom. The summed E-state index contributed by atoms with van der Waals surface area (Å²) >= 11 is 0. The van der Waals surface area contributed by atoms with Crippen LogP contribution in [0.1, 0.15) is 42.1 Å². The van der Waals surface area contributed by atoms with Gasteiger partial charge in [0, 0.05) is 47.8 Å². The topological polar surface area (TPSA) is 77.1 Å². The van der Waals surface area contributed by atoms with Crippen LogP contribution < -0.4 is 10.9 Å². The summed E-state index contributed by atoms with van der Waals surface area (Å²) in [7, 11) is 0. The van der Waals surface area contributed by atoms with Crippen molar-refractivity contribution in [2.75, 3.05) is 5.32 Å². The van der Waals surface area contributed by atoms with Crippen LogP contribution in [0.5, 0.6) is 0 Å². The van der Waals surface area contributed by atoms with Crippen LogP contribution in [-0.4, -0.2) is 15.7 Å². The van der Waals surface area contributed by atoms with Crippen LogP contribution in [0, 0.1) is 0 Å². The van der Waals surface area contributed by atoms with E-state index in [-0.39, 0.29) is 35.5 Å². The molecule has 4 rings (SSSR count). The molecule has 1 aliphatic carbocycles. The highest BCUT2D eigenvalue weighted by Crippen LogP contribution is 2.42. The molecule has 0 spiro atoms. The van der Waals surface area contributed by atoms with Crippen LogP contribution >= 0.6 is 0 Å². The van der Waals surface area contributed by atoms with Crippen molar-refractivity contribution in [3.63, 3.8) is 0 Å². The Kier molecular flexibility index (Phi) is 5.25. The summed E-state index contributed by atoms with van der Waals surface area (Å²) < 4.78 is 84.2. The summed E-state index contributed by atoms with van der Waals surface area (Å²) in [6.45, 7) is -0.103. The van der Waals surface area contributed by atoms with Gasteiger partial charge in [-0.25, -0.2) is 4.79 Å². The molecule has 0 atom stereocenters. The van der Waals surface area contributed by atoms with Gasteiger partial charge in [0.15, 0.2) is 5.69 Å². The Balaban J connectivity index is 1.49. The summed E-state index contributed by atoms with van der Waals surface area (Å²) in [5, 5.41) is 5.65. The summed E-state index contributed by atoms with van der Waals surface area (Å²) in [6.07, 6.45) is -8.09. The van der Waals surface area contributed by atoms with E-state index in [1.54, 1.807) is 0 Å². The van der Waals surface area contributed by atoms with Crippen LogP contribution in [0.15, 0.2) is 39.5 Å². The third-order valence-electron chi connectivity index (χ3n) is 4.98. The molecule has 6 nitrogen and oxygen atoms in total. The number of carbonyl (C=O) groups is 1. The molecule has 0 bridgehead atoms. The number of carbonyl (C=O) groups excluding carboxylic acids is 1. The minimum absolute atomic E-state index is 0.0205. The van der Waals surface area contributed by atoms with E-state index in [0.29, 0.717) is 11.8 Å². The Bertz CT molecular complexity index is 1240. The van der Waals surface area contributed by atoms with Gasteiger partial charge in [0.25, 0.3) is 0 Å². The predicted molar refractivity (Wildman–Crippen MR) is 99.9 cm³/mol. The molecule has 0 unspecified atom stereocenters. The summed E-state index contributed by atoms with van der Waals surface area (Å²) in [6, 6.07) is 4.68. The second-order valence-electron chi connectivity index (χ2n) is 7.44. The van der Waals surface area contributed by atoms with Gasteiger partial charge in [-0.2, -0.15) is 31.4 Å². The average molecular weight is 459 g/mol. The molecule has 12 heteroatoms. The van der Waals surface area contributed by atoms with Crippen molar-refractivity contribution in [3.05, 3.63) is 57.7 Å². The lowest BCUT2D eigenvalue weighted by atomic mass is 10.1. The van der Waals surface area contributed by atoms with Gasteiger partial charge in [-0.05, 0) is 31.0 Å². The largest absolute Gasteiger partial charge is 0.435 e. The molecule has 0 aliphatic heterocycles. The van der Waals surface area contributed by atoms with Crippen LogP contribution in [0.2, 0.25) is 0 Å². The first-order valence-corrected chi connectivity index (χ1v) is 9.52. The maximum absolute atomic E-state index is 13.1. The third-order valence-corrected chi connectivity index (χ3v) is 4.98. The fourth-order valence-corrected chi connectivity index (χ4v) is 3.36. The van der Waals surface area contributed by atoms with E-state index >= 15 is 0 Å². The number of hydrogen-bond donors (Lipinski definition) is 1. The molecule has 1 aromatic carbocycles. The zero-order chi connectivity index (χ0) is 23.3. The van der Waals surface area contributed by atoms with Crippen LogP contribution in [0.3, 0.4) is 0 Å². The summed E-state index contributed by atoms with van der Waals surface area (Å²) in [5.41, 5.74) is -3.25. The smallest absolute Gasteiger partial charge is 0.423 e. The molecule has 2 heterocycles. The van der Waals surface area contributed by atoms with Gasteiger partial charge in [-0.15, -0.1) is 0 Å². The average Bonchev–Trinajstić information content (AvgIpc) is 3.42. The lowest BCUT2D eigenvalue weighted by Gasteiger charge is -2.11. The monoisotopic (exact) mass is 459 g/mol. The fraction of sp³-hybridized carbons (Fsp3) is 0.350. The lowest BCUT2D eigenvalue weighted by molar-refractivity contribution is -0.141. The highest BCUT2D eigenvalue weighted by molar-refractivity contribution is 5.93.